The fourth-order valence-corrected chi connectivity index (χ4v) is 8.39. The second-order valence-electron chi connectivity index (χ2n) is 10.9. The van der Waals surface area contributed by atoms with Gasteiger partial charge < -0.3 is 19.7 Å². The summed E-state index contributed by atoms with van der Waals surface area (Å²) < 4.78 is 12.5. The molecule has 2 saturated carbocycles. The average Bonchev–Trinajstić information content (AvgIpc) is 3.27. The summed E-state index contributed by atoms with van der Waals surface area (Å²) in [4.78, 5) is 0. The second kappa shape index (κ2) is 7.92. The normalized spacial score (nSPS) is 49.3. The van der Waals surface area contributed by atoms with Crippen LogP contribution in [0.15, 0.2) is 23.3 Å². The molecule has 0 aromatic heterocycles. The Balaban J connectivity index is 0.00000218. The summed E-state index contributed by atoms with van der Waals surface area (Å²) in [5.41, 5.74) is 2.43. The first-order valence-electron chi connectivity index (χ1n) is 11.8. The number of rotatable bonds is 2. The van der Waals surface area contributed by atoms with Crippen LogP contribution in [0.3, 0.4) is 0 Å². The summed E-state index contributed by atoms with van der Waals surface area (Å²) in [6.45, 7) is 10.3. The molecule has 0 spiro atoms. The van der Waals surface area contributed by atoms with E-state index in [0.717, 1.165) is 44.9 Å². The van der Waals surface area contributed by atoms with Gasteiger partial charge in [0.15, 0.2) is 5.79 Å². The van der Waals surface area contributed by atoms with E-state index in [2.05, 4.69) is 39.8 Å². The number of fused-ring (bicyclic) bond motifs is 5. The van der Waals surface area contributed by atoms with E-state index < -0.39 is 11.9 Å². The minimum absolute atomic E-state index is 0. The van der Waals surface area contributed by atoms with Gasteiger partial charge in [-0.15, -0.1) is 0 Å². The summed E-state index contributed by atoms with van der Waals surface area (Å²) in [5, 5.41) is 22.0. The van der Waals surface area contributed by atoms with Crippen molar-refractivity contribution >= 4 is 0 Å². The zero-order chi connectivity index (χ0) is 20.7. The van der Waals surface area contributed by atoms with Crippen LogP contribution in [0, 0.1) is 72.1 Å². The number of aliphatic hydroxyl groups is 2. The molecule has 4 nitrogen and oxygen atoms in total. The Morgan fingerprint density at radius 2 is 1.80 bits per heavy atom. The van der Waals surface area contributed by atoms with Gasteiger partial charge >= 0.3 is 0 Å². The quantitative estimate of drug-likeness (QED) is 0.446. The maximum atomic E-state index is 11.8. The largest absolute Gasteiger partial charge is 0.393 e. The predicted octanol–water partition coefficient (Wildman–Crippen LogP) is 4.36. The van der Waals surface area contributed by atoms with E-state index in [1.54, 1.807) is 0 Å². The summed E-state index contributed by atoms with van der Waals surface area (Å²) >= 11 is 0. The van der Waals surface area contributed by atoms with Crippen molar-refractivity contribution in [1.82, 2.24) is 0 Å². The molecule has 5 unspecified atom stereocenters. The molecular weight excluding hydrogens is 591 g/mol. The molecule has 1 saturated heterocycles. The van der Waals surface area contributed by atoms with Gasteiger partial charge in [-0.05, 0) is 69.1 Å². The van der Waals surface area contributed by atoms with E-state index >= 15 is 0 Å². The Bertz CT molecular complexity index is 756. The summed E-state index contributed by atoms with van der Waals surface area (Å²) in [6.07, 6.45) is 10.7. The van der Waals surface area contributed by atoms with E-state index in [1.165, 1.54) is 11.1 Å². The molecule has 5 aliphatic rings. The number of ether oxygens (including phenoxy) is 2. The van der Waals surface area contributed by atoms with Gasteiger partial charge in [0, 0.05) is 54.9 Å². The van der Waals surface area contributed by atoms with Crippen molar-refractivity contribution in [1.29, 1.82) is 0 Å². The van der Waals surface area contributed by atoms with Crippen molar-refractivity contribution in [2.24, 2.45) is 28.1 Å². The number of hydrogen-bond acceptors (Lipinski definition) is 4. The number of hydrogen-bond donors (Lipinski definition) is 2. The van der Waals surface area contributed by atoms with E-state index in [-0.39, 0.29) is 66.4 Å². The van der Waals surface area contributed by atoms with Crippen LogP contribution in [0.25, 0.3) is 0 Å². The van der Waals surface area contributed by atoms with Gasteiger partial charge in [-0.2, -0.15) is 0 Å². The molecule has 165 valence electrons. The molecule has 3 fully saturated rings. The van der Waals surface area contributed by atoms with Gasteiger partial charge in [0.2, 0.25) is 0 Å². The summed E-state index contributed by atoms with van der Waals surface area (Å²) in [7, 11) is 0. The van der Waals surface area contributed by atoms with Crippen molar-refractivity contribution in [2.75, 3.05) is 13.2 Å². The first kappa shape index (κ1) is 23.9. The van der Waals surface area contributed by atoms with Crippen molar-refractivity contribution in [3.8, 4) is 0 Å². The van der Waals surface area contributed by atoms with Gasteiger partial charge in [-0.3, -0.25) is 0 Å². The maximum Gasteiger partial charge on any atom is 0.172 e. The Hall–Kier alpha value is 0.762. The fourth-order valence-electron chi connectivity index (χ4n) is 8.39. The third-order valence-electron chi connectivity index (χ3n) is 10.2. The van der Waals surface area contributed by atoms with Crippen LogP contribution >= 0.6 is 0 Å². The smallest absolute Gasteiger partial charge is 0.172 e. The molecule has 0 amide bonds. The Labute approximate surface area is 217 Å². The van der Waals surface area contributed by atoms with Crippen LogP contribution in [0.5, 0.6) is 0 Å². The molecule has 1 heterocycles. The topological polar surface area (TPSA) is 58.9 Å². The molecule has 4 aliphatic carbocycles. The minimum atomic E-state index is -0.642. The minimum Gasteiger partial charge on any atom is -0.393 e. The first-order chi connectivity index (χ1) is 13.7. The number of allylic oxidation sites excluding steroid dienone is 2. The standard InChI is InChI=1S/C25H38O4.Ac/c1-5-25(24(4)28-12-13-29-24)11-9-19-18-7-6-16-14-17(26)8-10-22(16,2)20(18)15-21(27)23(19,25)3;/h6,9,17-18,20-21,26-27H,5,7-8,10-15H2,1-4H3;/t17?,18?,20?,21?,22-,23+,25?;/m0./s1. The number of aliphatic hydroxyl groups excluding tert-OH is 2. The van der Waals surface area contributed by atoms with Crippen LogP contribution in [-0.4, -0.2) is 41.4 Å². The van der Waals surface area contributed by atoms with Crippen LogP contribution in [0.4, 0.5) is 0 Å². The van der Waals surface area contributed by atoms with Gasteiger partial charge in [0.25, 0.3) is 0 Å². The SMILES string of the molecule is CCC1(C2(C)OCCO2)CC=C2C3CC=C4CC(O)CC[C@]4(C)C3CC(O)[C@@]21C.[Ac]. The molecule has 5 heteroatoms. The predicted molar refractivity (Wildman–Crippen MR) is 112 cm³/mol. The zero-order valence-corrected chi connectivity index (χ0v) is 23.9. The van der Waals surface area contributed by atoms with Gasteiger partial charge in [-0.25, -0.2) is 0 Å². The van der Waals surface area contributed by atoms with E-state index in [1.807, 2.05) is 0 Å². The van der Waals surface area contributed by atoms with Gasteiger partial charge in [0.05, 0.1) is 25.4 Å². The van der Waals surface area contributed by atoms with Crippen LogP contribution in [0.1, 0.15) is 72.6 Å². The average molecular weight is 630 g/mol. The van der Waals surface area contributed by atoms with Crippen LogP contribution in [0.2, 0.25) is 0 Å². The van der Waals surface area contributed by atoms with Crippen molar-refractivity contribution in [3.05, 3.63) is 23.3 Å². The maximum absolute atomic E-state index is 11.8. The molecule has 0 aromatic rings. The molecule has 1 radical (unpaired) electrons. The molecule has 2 N–H and O–H groups in total. The third kappa shape index (κ3) is 2.88. The van der Waals surface area contributed by atoms with E-state index in [9.17, 15) is 10.2 Å². The second-order valence-corrected chi connectivity index (χ2v) is 10.9. The van der Waals surface area contributed by atoms with Crippen LogP contribution < -0.4 is 0 Å². The van der Waals surface area contributed by atoms with E-state index in [4.69, 9.17) is 9.47 Å². The Morgan fingerprint density at radius 3 is 2.47 bits per heavy atom. The van der Waals surface area contributed by atoms with Gasteiger partial charge in [-0.1, -0.05) is 44.1 Å². The van der Waals surface area contributed by atoms with Gasteiger partial charge in [0.1, 0.15) is 0 Å². The summed E-state index contributed by atoms with van der Waals surface area (Å²) in [5.74, 6) is 0.290. The zero-order valence-electron chi connectivity index (χ0n) is 19.1. The molecule has 5 rings (SSSR count). The third-order valence-corrected chi connectivity index (χ3v) is 10.2. The van der Waals surface area contributed by atoms with E-state index in [0.29, 0.717) is 25.0 Å². The molecule has 0 aromatic carbocycles. The van der Waals surface area contributed by atoms with Crippen molar-refractivity contribution in [3.63, 3.8) is 0 Å². The molecule has 30 heavy (non-hydrogen) atoms. The first-order valence-corrected chi connectivity index (χ1v) is 11.8. The fraction of sp³-hybridized carbons (Fsp3) is 0.840. The summed E-state index contributed by atoms with van der Waals surface area (Å²) in [6, 6.07) is 0. The van der Waals surface area contributed by atoms with Crippen LogP contribution in [-0.2, 0) is 9.47 Å². The molecule has 0 bridgehead atoms. The molecular formula is C25H38AcO4. The van der Waals surface area contributed by atoms with Crippen molar-refractivity contribution < 1.29 is 63.7 Å². The molecule has 7 atom stereocenters. The van der Waals surface area contributed by atoms with Crippen molar-refractivity contribution in [2.45, 2.75) is 90.6 Å². The Kier molecular flexibility index (Phi) is 6.31. The monoisotopic (exact) mass is 629 g/mol. The molecule has 1 aliphatic heterocycles. The Morgan fingerprint density at radius 1 is 1.10 bits per heavy atom.